The number of hydrogen-bond donors (Lipinski definition) is 0. The minimum Gasteiger partial charge on any atom is -0.458 e. The van der Waals surface area contributed by atoms with Crippen LogP contribution in [-0.2, 0) is 16.1 Å². The van der Waals surface area contributed by atoms with Crippen LogP contribution in [0.15, 0.2) is 35.1 Å². The zero-order valence-corrected chi connectivity index (χ0v) is 15.6. The normalized spacial score (nSPS) is 13.2. The van der Waals surface area contributed by atoms with Crippen LogP contribution in [0.25, 0.3) is 4.96 Å². The molecular weight excluding hydrogens is 384 g/mol. The van der Waals surface area contributed by atoms with Gasteiger partial charge in [0, 0.05) is 18.3 Å². The summed E-state index contributed by atoms with van der Waals surface area (Å²) in [6, 6.07) is 7.89. The lowest BCUT2D eigenvalue weighted by molar-refractivity contribution is -0.145. The summed E-state index contributed by atoms with van der Waals surface area (Å²) in [6.45, 7) is 1.53. The van der Waals surface area contributed by atoms with Crippen molar-refractivity contribution in [3.8, 4) is 0 Å². The fourth-order valence-corrected chi connectivity index (χ4v) is 3.74. The van der Waals surface area contributed by atoms with E-state index in [1.54, 1.807) is 31.2 Å². The number of nitrogens with zero attached hydrogens (tertiary/aromatic N) is 4. The first kappa shape index (κ1) is 18.0. The predicted octanol–water partition coefficient (Wildman–Crippen LogP) is 1.19. The Morgan fingerprint density at radius 1 is 1.14 bits per heavy atom. The summed E-state index contributed by atoms with van der Waals surface area (Å²) in [4.78, 5) is 54.1. The molecule has 2 amide bonds. The summed E-state index contributed by atoms with van der Waals surface area (Å²) in [5, 5.41) is 4.50. The number of esters is 1. The number of aryl methyl sites for hydroxylation is 1. The molecule has 0 N–H and O–H groups in total. The number of imide groups is 1. The molecule has 10 heteroatoms. The van der Waals surface area contributed by atoms with Gasteiger partial charge in [-0.3, -0.25) is 24.1 Å². The van der Waals surface area contributed by atoms with Crippen molar-refractivity contribution >= 4 is 34.1 Å². The van der Waals surface area contributed by atoms with E-state index in [-0.39, 0.29) is 25.1 Å². The van der Waals surface area contributed by atoms with E-state index in [9.17, 15) is 19.2 Å². The number of carbonyl (C=O) groups excluding carboxylic acids is 3. The van der Waals surface area contributed by atoms with Gasteiger partial charge >= 0.3 is 5.97 Å². The van der Waals surface area contributed by atoms with Crippen LogP contribution in [0.1, 0.15) is 37.8 Å². The molecule has 0 bridgehead atoms. The zero-order chi connectivity index (χ0) is 19.8. The van der Waals surface area contributed by atoms with Crippen LogP contribution < -0.4 is 5.56 Å². The van der Waals surface area contributed by atoms with Crippen LogP contribution in [0.3, 0.4) is 0 Å². The van der Waals surface area contributed by atoms with E-state index < -0.39 is 17.8 Å². The van der Waals surface area contributed by atoms with E-state index in [1.807, 2.05) is 0 Å². The third kappa shape index (κ3) is 3.18. The molecule has 0 saturated carbocycles. The average molecular weight is 398 g/mol. The fraction of sp³-hybridized carbons (Fsp3) is 0.222. The monoisotopic (exact) mass is 398 g/mol. The van der Waals surface area contributed by atoms with Gasteiger partial charge in [-0.1, -0.05) is 23.5 Å². The largest absolute Gasteiger partial charge is 0.458 e. The molecule has 0 saturated heterocycles. The Morgan fingerprint density at radius 3 is 2.50 bits per heavy atom. The van der Waals surface area contributed by atoms with Gasteiger partial charge in [-0.2, -0.15) is 9.61 Å². The first-order valence-electron chi connectivity index (χ1n) is 8.41. The van der Waals surface area contributed by atoms with Crippen molar-refractivity contribution in [3.63, 3.8) is 0 Å². The van der Waals surface area contributed by atoms with E-state index in [2.05, 4.69) is 10.1 Å². The molecular formula is C18H14N4O5S. The van der Waals surface area contributed by atoms with Crippen molar-refractivity contribution in [3.05, 3.63) is 62.5 Å². The SMILES string of the molecule is Cc1cc(=O)n2nc(COC(=O)CCN3C(=O)c4ccccc4C3=O)sc2n1. The second-order valence-electron chi connectivity index (χ2n) is 6.14. The molecule has 0 spiro atoms. The standard InChI is InChI=1S/C18H14N4O5S/c1-10-8-14(23)22-18(19-10)28-13(20-22)9-27-15(24)6-7-21-16(25)11-4-2-3-5-12(11)17(21)26/h2-5,8H,6-7,9H2,1H3. The smallest absolute Gasteiger partial charge is 0.308 e. The van der Waals surface area contributed by atoms with Gasteiger partial charge < -0.3 is 4.74 Å². The molecule has 0 atom stereocenters. The molecule has 3 aromatic rings. The van der Waals surface area contributed by atoms with Crippen LogP contribution in [-0.4, -0.2) is 43.8 Å². The highest BCUT2D eigenvalue weighted by Crippen LogP contribution is 2.22. The molecule has 4 rings (SSSR count). The van der Waals surface area contributed by atoms with Crippen molar-refractivity contribution in [2.45, 2.75) is 20.0 Å². The van der Waals surface area contributed by atoms with Crippen molar-refractivity contribution in [1.82, 2.24) is 19.5 Å². The quantitative estimate of drug-likeness (QED) is 0.469. The Hall–Kier alpha value is -3.40. The molecule has 142 valence electrons. The maximum absolute atomic E-state index is 12.3. The number of hydrogen-bond acceptors (Lipinski definition) is 8. The highest BCUT2D eigenvalue weighted by molar-refractivity contribution is 7.16. The third-order valence-electron chi connectivity index (χ3n) is 4.19. The van der Waals surface area contributed by atoms with Crippen LogP contribution >= 0.6 is 11.3 Å². The number of ether oxygens (including phenoxy) is 1. The first-order valence-corrected chi connectivity index (χ1v) is 9.23. The van der Waals surface area contributed by atoms with Crippen molar-refractivity contribution in [1.29, 1.82) is 0 Å². The fourth-order valence-electron chi connectivity index (χ4n) is 2.88. The Balaban J connectivity index is 1.36. The molecule has 9 nitrogen and oxygen atoms in total. The van der Waals surface area contributed by atoms with Crippen LogP contribution in [0.2, 0.25) is 0 Å². The molecule has 3 heterocycles. The van der Waals surface area contributed by atoms with Gasteiger partial charge in [0.25, 0.3) is 17.4 Å². The molecule has 28 heavy (non-hydrogen) atoms. The summed E-state index contributed by atoms with van der Waals surface area (Å²) < 4.78 is 6.30. The zero-order valence-electron chi connectivity index (χ0n) is 14.7. The minimum atomic E-state index is -0.577. The van der Waals surface area contributed by atoms with E-state index in [4.69, 9.17) is 4.74 Å². The maximum Gasteiger partial charge on any atom is 0.308 e. The number of amides is 2. The van der Waals surface area contributed by atoms with Crippen LogP contribution in [0, 0.1) is 6.92 Å². The van der Waals surface area contributed by atoms with Gasteiger partial charge in [0.1, 0.15) is 6.61 Å². The van der Waals surface area contributed by atoms with Crippen molar-refractivity contribution in [2.75, 3.05) is 6.54 Å². The molecule has 2 aromatic heterocycles. The predicted molar refractivity (Wildman–Crippen MR) is 98.1 cm³/mol. The lowest BCUT2D eigenvalue weighted by Crippen LogP contribution is -2.32. The topological polar surface area (TPSA) is 111 Å². The molecule has 0 aliphatic carbocycles. The Labute approximate surface area is 162 Å². The summed E-state index contributed by atoms with van der Waals surface area (Å²) in [5.41, 5.74) is 0.951. The van der Waals surface area contributed by atoms with Gasteiger partial charge in [-0.05, 0) is 19.1 Å². The molecule has 0 unspecified atom stereocenters. The van der Waals surface area contributed by atoms with E-state index in [0.717, 1.165) is 20.8 Å². The molecule has 1 aliphatic heterocycles. The summed E-state index contributed by atoms with van der Waals surface area (Å²) >= 11 is 1.15. The second-order valence-corrected chi connectivity index (χ2v) is 7.18. The van der Waals surface area contributed by atoms with E-state index >= 15 is 0 Å². The van der Waals surface area contributed by atoms with Gasteiger partial charge in [0.2, 0.25) is 4.96 Å². The number of fused-ring (bicyclic) bond motifs is 2. The van der Waals surface area contributed by atoms with Gasteiger partial charge in [0.05, 0.1) is 17.5 Å². The van der Waals surface area contributed by atoms with E-state index in [1.165, 1.54) is 6.07 Å². The first-order chi connectivity index (χ1) is 13.4. The second kappa shape index (κ2) is 6.97. The Bertz CT molecular complexity index is 1150. The number of carbonyl (C=O) groups is 3. The van der Waals surface area contributed by atoms with E-state index in [0.29, 0.717) is 26.8 Å². The molecule has 1 aromatic carbocycles. The maximum atomic E-state index is 12.3. The van der Waals surface area contributed by atoms with Gasteiger partial charge in [0.15, 0.2) is 5.01 Å². The minimum absolute atomic E-state index is 0.0643. The lowest BCUT2D eigenvalue weighted by atomic mass is 10.1. The summed E-state index contributed by atoms with van der Waals surface area (Å²) in [7, 11) is 0. The van der Waals surface area contributed by atoms with Crippen LogP contribution in [0.4, 0.5) is 0 Å². The third-order valence-corrected chi connectivity index (χ3v) is 5.07. The number of rotatable bonds is 5. The highest BCUT2D eigenvalue weighted by atomic mass is 32.1. The molecule has 0 radical (unpaired) electrons. The van der Waals surface area contributed by atoms with Crippen molar-refractivity contribution in [2.24, 2.45) is 0 Å². The highest BCUT2D eigenvalue weighted by Gasteiger charge is 2.35. The average Bonchev–Trinajstić information content (AvgIpc) is 3.18. The van der Waals surface area contributed by atoms with Gasteiger partial charge in [-0.15, -0.1) is 0 Å². The van der Waals surface area contributed by atoms with Gasteiger partial charge in [-0.25, -0.2) is 4.98 Å². The van der Waals surface area contributed by atoms with Crippen molar-refractivity contribution < 1.29 is 19.1 Å². The lowest BCUT2D eigenvalue weighted by Gasteiger charge is -2.12. The number of aromatic nitrogens is 3. The Morgan fingerprint density at radius 2 is 1.82 bits per heavy atom. The molecule has 1 aliphatic rings. The summed E-state index contributed by atoms with van der Waals surface area (Å²) in [6.07, 6.45) is -0.131. The summed E-state index contributed by atoms with van der Waals surface area (Å²) in [5.74, 6) is -1.41. The number of benzene rings is 1. The van der Waals surface area contributed by atoms with Crippen LogP contribution in [0.5, 0.6) is 0 Å². The molecule has 0 fully saturated rings. The Kier molecular flexibility index (Phi) is 4.47.